The molecule has 31 heavy (non-hydrogen) atoms. The van der Waals surface area contributed by atoms with Crippen LogP contribution in [-0.2, 0) is 11.2 Å². The molecule has 2 fully saturated rings. The molecule has 4 unspecified atom stereocenters. The van der Waals surface area contributed by atoms with Gasteiger partial charge in [0.25, 0.3) is 0 Å². The average Bonchev–Trinajstić information content (AvgIpc) is 3.17. The van der Waals surface area contributed by atoms with Gasteiger partial charge in [-0.15, -0.1) is 0 Å². The van der Waals surface area contributed by atoms with Crippen LogP contribution in [0, 0.1) is 0 Å². The molecule has 3 aromatic heterocycles. The van der Waals surface area contributed by atoms with E-state index in [2.05, 4.69) is 37.4 Å². The zero-order chi connectivity index (χ0) is 21.2. The van der Waals surface area contributed by atoms with E-state index in [0.29, 0.717) is 23.5 Å². The topological polar surface area (TPSA) is 141 Å². The lowest BCUT2D eigenvalue weighted by atomic mass is 10.1. The summed E-state index contributed by atoms with van der Waals surface area (Å²) in [4.78, 5) is 16.4. The van der Waals surface area contributed by atoms with Gasteiger partial charge >= 0.3 is 0 Å². The van der Waals surface area contributed by atoms with Crippen molar-refractivity contribution in [2.24, 2.45) is 0 Å². The second-order valence-electron chi connectivity index (χ2n) is 8.14. The van der Waals surface area contributed by atoms with Gasteiger partial charge in [-0.25, -0.2) is 15.0 Å². The van der Waals surface area contributed by atoms with Crippen molar-refractivity contribution in [3.8, 4) is 0 Å². The molecule has 4 aromatic rings. The summed E-state index contributed by atoms with van der Waals surface area (Å²) >= 11 is 0. The molecule has 0 radical (unpaired) electrons. The van der Waals surface area contributed by atoms with E-state index in [4.69, 9.17) is 4.74 Å². The Morgan fingerprint density at radius 1 is 1.23 bits per heavy atom. The Morgan fingerprint density at radius 2 is 2.10 bits per heavy atom. The number of hydrogen-bond acceptors (Lipinski definition) is 8. The van der Waals surface area contributed by atoms with E-state index >= 15 is 0 Å². The molecule has 1 aliphatic carbocycles. The van der Waals surface area contributed by atoms with E-state index < -0.39 is 30.0 Å². The third kappa shape index (κ3) is 2.62. The zero-order valence-electron chi connectivity index (χ0n) is 16.5. The smallest absolute Gasteiger partial charge is 0.165 e. The second-order valence-corrected chi connectivity index (χ2v) is 8.14. The molecule has 5 N–H and O–H groups in total. The predicted octanol–water partition coefficient (Wildman–Crippen LogP) is 0.369. The molecule has 5 atom stereocenters. The van der Waals surface area contributed by atoms with Crippen molar-refractivity contribution in [3.63, 3.8) is 0 Å². The predicted molar refractivity (Wildman–Crippen MR) is 112 cm³/mol. The molecule has 1 saturated carbocycles. The van der Waals surface area contributed by atoms with Crippen LogP contribution in [0.1, 0.15) is 11.6 Å². The van der Waals surface area contributed by atoms with Gasteiger partial charge < -0.3 is 34.9 Å². The molecular weight excluding hydrogens is 400 g/mol. The van der Waals surface area contributed by atoms with E-state index in [1.54, 1.807) is 10.9 Å². The minimum atomic E-state index is -1.45. The van der Waals surface area contributed by atoms with E-state index in [9.17, 15) is 15.3 Å². The van der Waals surface area contributed by atoms with Gasteiger partial charge in [0.2, 0.25) is 0 Å². The van der Waals surface area contributed by atoms with Crippen LogP contribution in [-0.4, -0.2) is 76.9 Å². The highest BCUT2D eigenvalue weighted by molar-refractivity contribution is 5.84. The molecular formula is C21H22N6O4. The van der Waals surface area contributed by atoms with Gasteiger partial charge in [0.15, 0.2) is 11.5 Å². The van der Waals surface area contributed by atoms with Crippen LogP contribution in [0.15, 0.2) is 43.1 Å². The number of aliphatic hydroxyl groups is 3. The Hall–Kier alpha value is -3.05. The number of rotatable bonds is 6. The van der Waals surface area contributed by atoms with Gasteiger partial charge in [-0.05, 0) is 18.1 Å². The normalized spacial score (nSPS) is 29.5. The summed E-state index contributed by atoms with van der Waals surface area (Å²) in [5.74, 6) is 0.607. The monoisotopic (exact) mass is 422 g/mol. The van der Waals surface area contributed by atoms with Gasteiger partial charge in [0.05, 0.1) is 19.0 Å². The molecule has 0 bridgehead atoms. The maximum atomic E-state index is 10.8. The fourth-order valence-electron chi connectivity index (χ4n) is 4.78. The number of aliphatic hydroxyl groups excluding tert-OH is 2. The van der Waals surface area contributed by atoms with Crippen LogP contribution in [0.5, 0.6) is 0 Å². The minimum Gasteiger partial charge on any atom is -0.394 e. The lowest BCUT2D eigenvalue weighted by Crippen LogP contribution is -2.39. The SMILES string of the molecule is OCC1OC2C(n3cnc4c(NCCc5c[nH]c6ccccc56)ncnc43)[C@]2(O)C1O. The highest BCUT2D eigenvalue weighted by Crippen LogP contribution is 2.59. The van der Waals surface area contributed by atoms with Crippen molar-refractivity contribution in [2.75, 3.05) is 18.5 Å². The van der Waals surface area contributed by atoms with Gasteiger partial charge in [0.1, 0.15) is 35.8 Å². The van der Waals surface area contributed by atoms with E-state index in [0.717, 1.165) is 11.9 Å². The molecule has 160 valence electrons. The summed E-state index contributed by atoms with van der Waals surface area (Å²) in [7, 11) is 0. The van der Waals surface area contributed by atoms with Crippen molar-refractivity contribution >= 4 is 27.9 Å². The summed E-state index contributed by atoms with van der Waals surface area (Å²) < 4.78 is 7.31. The Bertz CT molecular complexity index is 1270. The van der Waals surface area contributed by atoms with Crippen LogP contribution in [0.25, 0.3) is 22.1 Å². The molecule has 6 rings (SSSR count). The van der Waals surface area contributed by atoms with Crippen LogP contribution in [0.3, 0.4) is 0 Å². The Labute approximate surface area is 176 Å². The molecule has 0 spiro atoms. The van der Waals surface area contributed by atoms with Crippen LogP contribution in [0.2, 0.25) is 0 Å². The third-order valence-corrected chi connectivity index (χ3v) is 6.45. The van der Waals surface area contributed by atoms with Gasteiger partial charge in [-0.2, -0.15) is 0 Å². The lowest BCUT2D eigenvalue weighted by molar-refractivity contribution is -0.0612. The largest absolute Gasteiger partial charge is 0.394 e. The van der Waals surface area contributed by atoms with Gasteiger partial charge in [-0.3, -0.25) is 0 Å². The zero-order valence-corrected chi connectivity index (χ0v) is 16.5. The number of aromatic amines is 1. The third-order valence-electron chi connectivity index (χ3n) is 6.45. The van der Waals surface area contributed by atoms with E-state index in [1.807, 2.05) is 18.3 Å². The average molecular weight is 422 g/mol. The summed E-state index contributed by atoms with van der Waals surface area (Å²) in [6, 6.07) is 7.67. The summed E-state index contributed by atoms with van der Waals surface area (Å²) in [6.07, 6.45) is 3.31. The number of hydrogen-bond donors (Lipinski definition) is 5. The van der Waals surface area contributed by atoms with Crippen LogP contribution >= 0.6 is 0 Å². The van der Waals surface area contributed by atoms with E-state index in [1.165, 1.54) is 17.3 Å². The maximum absolute atomic E-state index is 10.8. The first kappa shape index (κ1) is 18.7. The number of H-pyrrole nitrogens is 1. The van der Waals surface area contributed by atoms with Gasteiger partial charge in [0, 0.05) is 23.6 Å². The van der Waals surface area contributed by atoms with Crippen molar-refractivity contribution in [3.05, 3.63) is 48.7 Å². The highest BCUT2D eigenvalue weighted by atomic mass is 16.6. The number of nitrogens with zero attached hydrogens (tertiary/aromatic N) is 4. The minimum absolute atomic E-state index is 0.343. The number of imidazole rings is 1. The number of benzene rings is 1. The number of aromatic nitrogens is 5. The fourth-order valence-corrected chi connectivity index (χ4v) is 4.78. The Morgan fingerprint density at radius 3 is 2.90 bits per heavy atom. The first-order valence-electron chi connectivity index (χ1n) is 10.3. The first-order chi connectivity index (χ1) is 15.1. The lowest BCUT2D eigenvalue weighted by Gasteiger charge is -2.21. The Kier molecular flexibility index (Phi) is 4.06. The van der Waals surface area contributed by atoms with Crippen molar-refractivity contribution in [2.45, 2.75) is 36.4 Å². The molecule has 1 aromatic carbocycles. The molecule has 1 aliphatic heterocycles. The number of ether oxygens (including phenoxy) is 1. The standard InChI is InChI=1S/C21H22N6O4/c28-8-14-17(29)21(30)16(18(21)31-14)27-10-26-15-19(24-9-25-20(15)27)22-6-5-11-7-23-13-4-2-1-3-12(11)13/h1-4,7,9-10,14,16-18,23,28-30H,5-6,8H2,(H,22,24,25)/t14?,16?,17?,18?,21-/m0/s1. The fraction of sp³-hybridized carbons (Fsp3) is 0.381. The van der Waals surface area contributed by atoms with Crippen molar-refractivity contribution < 1.29 is 20.1 Å². The molecule has 2 aliphatic rings. The number of para-hydroxylation sites is 1. The van der Waals surface area contributed by atoms with E-state index in [-0.39, 0.29) is 6.61 Å². The number of nitrogens with one attached hydrogen (secondary N) is 2. The highest BCUT2D eigenvalue weighted by Gasteiger charge is 2.77. The quantitative estimate of drug-likeness (QED) is 0.300. The first-order valence-corrected chi connectivity index (χ1v) is 10.3. The summed E-state index contributed by atoms with van der Waals surface area (Å²) in [5.41, 5.74) is 2.02. The van der Waals surface area contributed by atoms with Crippen LogP contribution < -0.4 is 5.32 Å². The molecule has 0 amide bonds. The summed E-state index contributed by atoms with van der Waals surface area (Å²) in [5, 5.41) is 35.0. The van der Waals surface area contributed by atoms with Crippen LogP contribution in [0.4, 0.5) is 5.82 Å². The molecule has 4 heterocycles. The number of fused-ring (bicyclic) bond motifs is 3. The van der Waals surface area contributed by atoms with Crippen molar-refractivity contribution in [1.82, 2.24) is 24.5 Å². The molecule has 10 heteroatoms. The summed E-state index contributed by atoms with van der Waals surface area (Å²) in [6.45, 7) is 0.320. The molecule has 1 saturated heterocycles. The van der Waals surface area contributed by atoms with Crippen molar-refractivity contribution in [1.29, 1.82) is 0 Å². The Balaban J connectivity index is 1.21. The maximum Gasteiger partial charge on any atom is 0.165 e. The molecule has 10 nitrogen and oxygen atoms in total. The second kappa shape index (κ2) is 6.72. The number of anilines is 1. The van der Waals surface area contributed by atoms with Gasteiger partial charge in [-0.1, -0.05) is 18.2 Å².